The van der Waals surface area contributed by atoms with E-state index in [0.717, 1.165) is 17.8 Å². The lowest BCUT2D eigenvalue weighted by molar-refractivity contribution is -0.115. The van der Waals surface area contributed by atoms with Crippen LogP contribution in [0.3, 0.4) is 0 Å². The van der Waals surface area contributed by atoms with E-state index in [2.05, 4.69) is 33.8 Å². The van der Waals surface area contributed by atoms with Gasteiger partial charge in [0.25, 0.3) is 0 Å². The SMILES string of the molecule is CC(=O)C1=C(C)C[C@H]2[C@@H]3CC=C4CC(C)CC[C@]4(C)[C@H]3CC[C@]12C. The van der Waals surface area contributed by atoms with E-state index in [1.54, 1.807) is 12.5 Å². The number of hydrogen-bond donors (Lipinski definition) is 0. The van der Waals surface area contributed by atoms with E-state index in [9.17, 15) is 4.79 Å². The van der Waals surface area contributed by atoms with Gasteiger partial charge in [-0.05, 0) is 98.9 Å². The lowest BCUT2D eigenvalue weighted by Gasteiger charge is -2.57. The number of ketones is 1. The Bertz CT molecular complexity index is 638. The van der Waals surface area contributed by atoms with Crippen molar-refractivity contribution in [2.75, 3.05) is 0 Å². The summed E-state index contributed by atoms with van der Waals surface area (Å²) in [6.07, 6.45) is 11.7. The largest absolute Gasteiger partial charge is 0.295 e. The van der Waals surface area contributed by atoms with Crippen LogP contribution < -0.4 is 0 Å². The summed E-state index contributed by atoms with van der Waals surface area (Å²) in [6.45, 7) is 11.4. The number of hydrogen-bond acceptors (Lipinski definition) is 1. The van der Waals surface area contributed by atoms with Crippen LogP contribution in [0.2, 0.25) is 0 Å². The predicted octanol–water partition coefficient (Wildman–Crippen LogP) is 6.10. The molecule has 1 unspecified atom stereocenters. The highest BCUT2D eigenvalue weighted by Crippen LogP contribution is 2.66. The van der Waals surface area contributed by atoms with Crippen LogP contribution in [0.1, 0.15) is 79.6 Å². The fourth-order valence-corrected chi connectivity index (χ4v) is 7.47. The van der Waals surface area contributed by atoms with E-state index < -0.39 is 0 Å². The van der Waals surface area contributed by atoms with Gasteiger partial charge in [-0.2, -0.15) is 0 Å². The van der Waals surface area contributed by atoms with E-state index in [-0.39, 0.29) is 5.41 Å². The maximum absolute atomic E-state index is 12.3. The van der Waals surface area contributed by atoms with Gasteiger partial charge in [0.05, 0.1) is 0 Å². The summed E-state index contributed by atoms with van der Waals surface area (Å²) in [4.78, 5) is 12.3. The molecule has 0 heterocycles. The van der Waals surface area contributed by atoms with Crippen LogP contribution >= 0.6 is 0 Å². The van der Waals surface area contributed by atoms with Crippen molar-refractivity contribution in [3.63, 3.8) is 0 Å². The third-order valence-electron chi connectivity index (χ3n) is 8.62. The zero-order chi connectivity index (χ0) is 17.3. The Morgan fingerprint density at radius 3 is 2.50 bits per heavy atom. The minimum Gasteiger partial charge on any atom is -0.295 e. The Balaban J connectivity index is 1.70. The van der Waals surface area contributed by atoms with Crippen LogP contribution in [0.5, 0.6) is 0 Å². The molecule has 0 N–H and O–H groups in total. The highest BCUT2D eigenvalue weighted by Gasteiger charge is 2.57. The fraction of sp³-hybridized carbons (Fsp3) is 0.783. The van der Waals surface area contributed by atoms with Gasteiger partial charge in [-0.25, -0.2) is 0 Å². The van der Waals surface area contributed by atoms with Crippen LogP contribution in [-0.4, -0.2) is 5.78 Å². The topological polar surface area (TPSA) is 17.1 Å². The first kappa shape index (κ1) is 16.6. The molecule has 2 fully saturated rings. The van der Waals surface area contributed by atoms with Gasteiger partial charge in [-0.1, -0.05) is 38.0 Å². The summed E-state index contributed by atoms with van der Waals surface area (Å²) in [5, 5.41) is 0. The molecule has 0 bridgehead atoms. The van der Waals surface area contributed by atoms with Crippen molar-refractivity contribution < 1.29 is 4.79 Å². The molecule has 4 aliphatic rings. The highest BCUT2D eigenvalue weighted by atomic mass is 16.1. The molecule has 4 rings (SSSR count). The molecule has 2 saturated carbocycles. The fourth-order valence-electron chi connectivity index (χ4n) is 7.47. The van der Waals surface area contributed by atoms with Crippen LogP contribution in [-0.2, 0) is 4.79 Å². The lowest BCUT2D eigenvalue weighted by Crippen LogP contribution is -2.49. The van der Waals surface area contributed by atoms with E-state index in [1.807, 2.05) is 0 Å². The van der Waals surface area contributed by atoms with Gasteiger partial charge in [0.15, 0.2) is 5.78 Å². The molecule has 1 heteroatoms. The molecule has 0 aromatic heterocycles. The summed E-state index contributed by atoms with van der Waals surface area (Å²) in [5.41, 5.74) is 4.97. The Morgan fingerprint density at radius 1 is 1.08 bits per heavy atom. The normalized spacial score (nSPS) is 47.6. The molecule has 0 amide bonds. The average Bonchev–Trinajstić information content (AvgIpc) is 2.78. The van der Waals surface area contributed by atoms with E-state index in [1.165, 1.54) is 56.1 Å². The summed E-state index contributed by atoms with van der Waals surface area (Å²) < 4.78 is 0. The number of fused-ring (bicyclic) bond motifs is 5. The van der Waals surface area contributed by atoms with Crippen molar-refractivity contribution >= 4 is 5.78 Å². The van der Waals surface area contributed by atoms with Gasteiger partial charge in [-0.15, -0.1) is 0 Å². The molecule has 24 heavy (non-hydrogen) atoms. The quantitative estimate of drug-likeness (QED) is 0.532. The Kier molecular flexibility index (Phi) is 3.68. The Labute approximate surface area is 148 Å². The predicted molar refractivity (Wildman–Crippen MR) is 99.6 cm³/mol. The average molecular weight is 327 g/mol. The van der Waals surface area contributed by atoms with Gasteiger partial charge in [0.1, 0.15) is 0 Å². The minimum absolute atomic E-state index is 0.154. The van der Waals surface area contributed by atoms with E-state index in [0.29, 0.717) is 17.1 Å². The van der Waals surface area contributed by atoms with Crippen LogP contribution in [0.15, 0.2) is 22.8 Å². The Hall–Kier alpha value is -0.850. The molecule has 0 spiro atoms. The van der Waals surface area contributed by atoms with Gasteiger partial charge in [-0.3, -0.25) is 4.79 Å². The van der Waals surface area contributed by atoms with Gasteiger partial charge >= 0.3 is 0 Å². The van der Waals surface area contributed by atoms with Crippen LogP contribution in [0.4, 0.5) is 0 Å². The third-order valence-corrected chi connectivity index (χ3v) is 8.62. The zero-order valence-electron chi connectivity index (χ0n) is 16.2. The van der Waals surface area contributed by atoms with Crippen molar-refractivity contribution in [3.8, 4) is 0 Å². The second kappa shape index (κ2) is 5.32. The van der Waals surface area contributed by atoms with Crippen molar-refractivity contribution in [1.29, 1.82) is 0 Å². The number of allylic oxidation sites excluding steroid dienone is 4. The van der Waals surface area contributed by atoms with Crippen molar-refractivity contribution in [3.05, 3.63) is 22.8 Å². The first-order chi connectivity index (χ1) is 11.3. The maximum atomic E-state index is 12.3. The summed E-state index contributed by atoms with van der Waals surface area (Å²) in [7, 11) is 0. The van der Waals surface area contributed by atoms with Gasteiger partial charge in [0, 0.05) is 0 Å². The number of carbonyl (C=O) groups is 1. The van der Waals surface area contributed by atoms with Crippen molar-refractivity contribution in [1.82, 2.24) is 0 Å². The van der Waals surface area contributed by atoms with Gasteiger partial charge in [0.2, 0.25) is 0 Å². The molecule has 0 aliphatic heterocycles. The minimum atomic E-state index is 0.154. The number of carbonyl (C=O) groups excluding carboxylic acids is 1. The molecule has 4 aliphatic carbocycles. The highest BCUT2D eigenvalue weighted by molar-refractivity contribution is 5.96. The van der Waals surface area contributed by atoms with Gasteiger partial charge < -0.3 is 0 Å². The van der Waals surface area contributed by atoms with E-state index >= 15 is 0 Å². The molecule has 0 saturated heterocycles. The zero-order valence-corrected chi connectivity index (χ0v) is 16.2. The maximum Gasteiger partial charge on any atom is 0.156 e. The van der Waals surface area contributed by atoms with E-state index in [4.69, 9.17) is 0 Å². The second-order valence-electron chi connectivity index (χ2n) is 9.98. The number of rotatable bonds is 1. The molecule has 6 atom stereocenters. The molecular weight excluding hydrogens is 292 g/mol. The second-order valence-corrected chi connectivity index (χ2v) is 9.98. The van der Waals surface area contributed by atoms with Crippen molar-refractivity contribution in [2.24, 2.45) is 34.5 Å². The standard InChI is InChI=1S/C23H34O/c1-14-8-10-22(4)17(12-14)6-7-18-19(22)9-11-23(5)20(18)13-15(2)21(23)16(3)24/h6,14,18-20H,7-13H2,1-5H3/t14?,18-,19+,20+,22+,23+/m1/s1. The third kappa shape index (κ3) is 2.09. The molecule has 1 nitrogen and oxygen atoms in total. The smallest absolute Gasteiger partial charge is 0.156 e. The molecular formula is C23H34O. The Morgan fingerprint density at radius 2 is 1.79 bits per heavy atom. The van der Waals surface area contributed by atoms with Crippen molar-refractivity contribution in [2.45, 2.75) is 79.6 Å². The first-order valence-electron chi connectivity index (χ1n) is 10.2. The molecule has 0 radical (unpaired) electrons. The number of Topliss-reactive ketones (excluding diaryl/α,β-unsaturated/α-hetero) is 1. The summed E-state index contributed by atoms with van der Waals surface area (Å²) >= 11 is 0. The lowest BCUT2D eigenvalue weighted by atomic mass is 9.47. The molecule has 0 aromatic carbocycles. The summed E-state index contributed by atoms with van der Waals surface area (Å²) in [6, 6.07) is 0. The summed E-state index contributed by atoms with van der Waals surface area (Å²) in [5.74, 6) is 3.54. The molecule has 0 aromatic rings. The first-order valence-corrected chi connectivity index (χ1v) is 10.2. The van der Waals surface area contributed by atoms with Crippen LogP contribution in [0, 0.1) is 34.5 Å². The molecule has 132 valence electrons. The monoisotopic (exact) mass is 326 g/mol. The van der Waals surface area contributed by atoms with Crippen LogP contribution in [0.25, 0.3) is 0 Å².